The number of fused-ring (bicyclic) bond motifs is 1. The number of benzene rings is 3. The average Bonchev–Trinajstić information content (AvgIpc) is 2.74. The molecule has 3 aromatic rings. The lowest BCUT2D eigenvalue weighted by atomic mass is 10.1. The van der Waals surface area contributed by atoms with Crippen molar-refractivity contribution in [2.24, 2.45) is 0 Å². The molecule has 1 heterocycles. The van der Waals surface area contributed by atoms with E-state index in [-0.39, 0.29) is 11.8 Å². The molecule has 0 bridgehead atoms. The monoisotopic (exact) mass is 374 g/mol. The number of ether oxygens (including phenoxy) is 1. The van der Waals surface area contributed by atoms with E-state index >= 15 is 0 Å². The molecule has 5 nitrogen and oxygen atoms in total. The van der Waals surface area contributed by atoms with Gasteiger partial charge in [-0.2, -0.15) is 0 Å². The van der Waals surface area contributed by atoms with Gasteiger partial charge in [0.05, 0.1) is 24.5 Å². The maximum absolute atomic E-state index is 13.1. The Bertz CT molecular complexity index is 1030. The van der Waals surface area contributed by atoms with Gasteiger partial charge in [0.25, 0.3) is 5.91 Å². The minimum atomic E-state index is -0.141. The van der Waals surface area contributed by atoms with Gasteiger partial charge in [-0.25, -0.2) is 0 Å². The predicted octanol–water partition coefficient (Wildman–Crippen LogP) is 4.00. The molecule has 1 aliphatic heterocycles. The van der Waals surface area contributed by atoms with E-state index in [1.807, 2.05) is 60.7 Å². The summed E-state index contributed by atoms with van der Waals surface area (Å²) < 4.78 is 5.35. The molecule has 5 heteroatoms. The molecule has 4 rings (SSSR count). The van der Waals surface area contributed by atoms with Crippen molar-refractivity contribution in [3.63, 3.8) is 0 Å². The van der Waals surface area contributed by atoms with Gasteiger partial charge < -0.3 is 9.64 Å². The van der Waals surface area contributed by atoms with Crippen LogP contribution >= 0.6 is 0 Å². The number of hydrogen-bond acceptors (Lipinski definition) is 3. The van der Waals surface area contributed by atoms with Gasteiger partial charge in [-0.15, -0.1) is 0 Å². The van der Waals surface area contributed by atoms with Crippen molar-refractivity contribution < 1.29 is 14.3 Å². The molecule has 28 heavy (non-hydrogen) atoms. The van der Waals surface area contributed by atoms with Crippen molar-refractivity contribution in [2.45, 2.75) is 6.92 Å². The Morgan fingerprint density at radius 2 is 1.57 bits per heavy atom. The topological polar surface area (TPSA) is 49.9 Å². The third-order valence-corrected chi connectivity index (χ3v) is 4.98. The lowest BCUT2D eigenvalue weighted by Crippen LogP contribution is -2.41. The Morgan fingerprint density at radius 1 is 0.893 bits per heavy atom. The van der Waals surface area contributed by atoms with Crippen molar-refractivity contribution in [3.8, 4) is 0 Å². The van der Waals surface area contributed by atoms with E-state index in [0.717, 1.165) is 16.5 Å². The molecule has 0 aromatic heterocycles. The molecule has 0 saturated carbocycles. The normalized spacial score (nSPS) is 14.1. The predicted molar refractivity (Wildman–Crippen MR) is 110 cm³/mol. The first-order chi connectivity index (χ1) is 13.6. The fraction of sp³-hybridized carbons (Fsp3) is 0.217. The van der Waals surface area contributed by atoms with Crippen LogP contribution in [0.25, 0.3) is 10.8 Å². The molecule has 1 saturated heterocycles. The Hall–Kier alpha value is -3.18. The Morgan fingerprint density at radius 3 is 2.32 bits per heavy atom. The summed E-state index contributed by atoms with van der Waals surface area (Å²) in [6.45, 7) is 3.71. The number of hydrogen-bond donors (Lipinski definition) is 0. The van der Waals surface area contributed by atoms with Gasteiger partial charge in [0.1, 0.15) is 0 Å². The molecule has 3 aromatic carbocycles. The minimum Gasteiger partial charge on any atom is -0.378 e. The molecular weight excluding hydrogens is 352 g/mol. The largest absolute Gasteiger partial charge is 0.378 e. The highest BCUT2D eigenvalue weighted by molar-refractivity contribution is 6.08. The average molecular weight is 374 g/mol. The van der Waals surface area contributed by atoms with Gasteiger partial charge in [-0.1, -0.05) is 42.5 Å². The lowest BCUT2D eigenvalue weighted by Gasteiger charge is -2.29. The van der Waals surface area contributed by atoms with E-state index in [0.29, 0.717) is 37.6 Å². The van der Waals surface area contributed by atoms with Crippen LogP contribution in [0.5, 0.6) is 0 Å². The van der Waals surface area contributed by atoms with E-state index in [1.54, 1.807) is 15.9 Å². The van der Waals surface area contributed by atoms with Crippen molar-refractivity contribution in [1.29, 1.82) is 0 Å². The van der Waals surface area contributed by atoms with E-state index in [4.69, 9.17) is 4.74 Å². The van der Waals surface area contributed by atoms with Crippen LogP contribution in [0.4, 0.5) is 11.4 Å². The second-order valence-electron chi connectivity index (χ2n) is 6.81. The van der Waals surface area contributed by atoms with Crippen LogP contribution in [0.2, 0.25) is 0 Å². The highest BCUT2D eigenvalue weighted by atomic mass is 16.5. The van der Waals surface area contributed by atoms with Crippen molar-refractivity contribution in [1.82, 2.24) is 4.90 Å². The molecule has 142 valence electrons. The first-order valence-corrected chi connectivity index (χ1v) is 9.41. The van der Waals surface area contributed by atoms with Gasteiger partial charge in [-0.05, 0) is 35.0 Å². The lowest BCUT2D eigenvalue weighted by molar-refractivity contribution is -0.115. The summed E-state index contributed by atoms with van der Waals surface area (Å²) in [7, 11) is 0. The van der Waals surface area contributed by atoms with Crippen molar-refractivity contribution in [3.05, 3.63) is 72.3 Å². The highest BCUT2D eigenvalue weighted by Gasteiger charge is 2.25. The van der Waals surface area contributed by atoms with Crippen LogP contribution in [0, 0.1) is 0 Å². The number of rotatable bonds is 3. The summed E-state index contributed by atoms with van der Waals surface area (Å²) in [4.78, 5) is 29.1. The number of morpholine rings is 1. The van der Waals surface area contributed by atoms with Gasteiger partial charge in [0.15, 0.2) is 0 Å². The quantitative estimate of drug-likeness (QED) is 0.696. The van der Waals surface area contributed by atoms with Gasteiger partial charge in [0.2, 0.25) is 5.91 Å². The molecular formula is C23H22N2O3. The summed E-state index contributed by atoms with van der Waals surface area (Å²) in [5.74, 6) is -0.219. The Labute approximate surface area is 164 Å². The van der Waals surface area contributed by atoms with Crippen molar-refractivity contribution >= 4 is 34.0 Å². The minimum absolute atomic E-state index is 0.0778. The van der Waals surface area contributed by atoms with Crippen LogP contribution in [-0.4, -0.2) is 43.0 Å². The number of carbonyl (C=O) groups is 2. The second kappa shape index (κ2) is 7.82. The number of amides is 2. The van der Waals surface area contributed by atoms with Gasteiger partial charge in [0, 0.05) is 25.7 Å². The SMILES string of the molecule is CC(=O)N(c1ccc2ccccc2c1)c1ccccc1C(=O)N1CCOCC1. The maximum atomic E-state index is 13.1. The number of carbonyl (C=O) groups excluding carboxylic acids is 2. The van der Waals surface area contributed by atoms with Crippen LogP contribution < -0.4 is 4.90 Å². The van der Waals surface area contributed by atoms with E-state index < -0.39 is 0 Å². The number of anilines is 2. The molecule has 0 spiro atoms. The van der Waals surface area contributed by atoms with E-state index in [1.165, 1.54) is 6.92 Å². The summed E-state index contributed by atoms with van der Waals surface area (Å²) >= 11 is 0. The molecule has 1 aliphatic rings. The van der Waals surface area contributed by atoms with Crippen LogP contribution in [0.15, 0.2) is 66.7 Å². The maximum Gasteiger partial charge on any atom is 0.256 e. The third kappa shape index (κ3) is 3.49. The fourth-order valence-corrected chi connectivity index (χ4v) is 3.59. The fourth-order valence-electron chi connectivity index (χ4n) is 3.59. The standard InChI is InChI=1S/C23H22N2O3/c1-17(26)25(20-11-10-18-6-2-3-7-19(18)16-20)22-9-5-4-8-21(22)23(27)24-12-14-28-15-13-24/h2-11,16H,12-15H2,1H3. The number of nitrogens with zero attached hydrogens (tertiary/aromatic N) is 2. The summed E-state index contributed by atoms with van der Waals surface area (Å²) in [6, 6.07) is 21.2. The summed E-state index contributed by atoms with van der Waals surface area (Å²) in [5.41, 5.74) is 1.86. The smallest absolute Gasteiger partial charge is 0.256 e. The molecule has 0 atom stereocenters. The molecule has 0 N–H and O–H groups in total. The zero-order chi connectivity index (χ0) is 19.5. The highest BCUT2D eigenvalue weighted by Crippen LogP contribution is 2.32. The molecule has 1 fully saturated rings. The van der Waals surface area contributed by atoms with Gasteiger partial charge in [-0.3, -0.25) is 14.5 Å². The molecule has 2 amide bonds. The summed E-state index contributed by atoms with van der Waals surface area (Å²) in [6.07, 6.45) is 0. The molecule has 0 radical (unpaired) electrons. The van der Waals surface area contributed by atoms with Crippen LogP contribution in [0.3, 0.4) is 0 Å². The molecule has 0 aliphatic carbocycles. The van der Waals surface area contributed by atoms with Crippen LogP contribution in [-0.2, 0) is 9.53 Å². The Kier molecular flexibility index (Phi) is 5.08. The third-order valence-electron chi connectivity index (χ3n) is 4.98. The summed E-state index contributed by atoms with van der Waals surface area (Å²) in [5, 5.41) is 2.15. The van der Waals surface area contributed by atoms with Gasteiger partial charge >= 0.3 is 0 Å². The van der Waals surface area contributed by atoms with E-state index in [9.17, 15) is 9.59 Å². The zero-order valence-corrected chi connectivity index (χ0v) is 15.8. The first-order valence-electron chi connectivity index (χ1n) is 9.41. The second-order valence-corrected chi connectivity index (χ2v) is 6.81. The Balaban J connectivity index is 1.78. The van der Waals surface area contributed by atoms with Crippen LogP contribution in [0.1, 0.15) is 17.3 Å². The zero-order valence-electron chi connectivity index (χ0n) is 15.8. The molecule has 0 unspecified atom stereocenters. The van der Waals surface area contributed by atoms with Crippen molar-refractivity contribution in [2.75, 3.05) is 31.2 Å². The number of para-hydroxylation sites is 1. The first kappa shape index (κ1) is 18.2. The van der Waals surface area contributed by atoms with E-state index in [2.05, 4.69) is 0 Å².